The lowest BCUT2D eigenvalue weighted by molar-refractivity contribution is 0.448. The van der Waals surface area contributed by atoms with Crippen molar-refractivity contribution in [1.29, 1.82) is 0 Å². The van der Waals surface area contributed by atoms with E-state index in [1.54, 1.807) is 0 Å². The van der Waals surface area contributed by atoms with Crippen LogP contribution in [0.2, 0.25) is 0 Å². The van der Waals surface area contributed by atoms with Gasteiger partial charge in [0.15, 0.2) is 0 Å². The van der Waals surface area contributed by atoms with Crippen molar-refractivity contribution in [3.8, 4) is 0 Å². The highest BCUT2D eigenvalue weighted by molar-refractivity contribution is 5.85. The highest BCUT2D eigenvalue weighted by Crippen LogP contribution is 2.16. The Bertz CT molecular complexity index is 296. The first-order valence-corrected chi connectivity index (χ1v) is 5.10. The van der Waals surface area contributed by atoms with E-state index in [9.17, 15) is 0 Å². The number of aryl methyl sites for hydroxylation is 2. The van der Waals surface area contributed by atoms with Crippen molar-refractivity contribution in [3.63, 3.8) is 0 Å². The highest BCUT2D eigenvalue weighted by atomic mass is 35.5. The van der Waals surface area contributed by atoms with E-state index in [0.717, 1.165) is 32.2 Å². The third-order valence-corrected chi connectivity index (χ3v) is 2.68. The second-order valence-corrected chi connectivity index (χ2v) is 3.83. The summed E-state index contributed by atoms with van der Waals surface area (Å²) in [7, 11) is 0. The molecule has 2 rings (SSSR count). The van der Waals surface area contributed by atoms with E-state index in [1.165, 1.54) is 11.5 Å². The summed E-state index contributed by atoms with van der Waals surface area (Å²) in [6, 6.07) is 0.331. The summed E-state index contributed by atoms with van der Waals surface area (Å²) in [5.41, 5.74) is 7.29. The van der Waals surface area contributed by atoms with Gasteiger partial charge in [-0.05, 0) is 19.3 Å². The Morgan fingerprint density at radius 2 is 2.43 bits per heavy atom. The molecule has 0 saturated carbocycles. The quantitative estimate of drug-likeness (QED) is 0.813. The van der Waals surface area contributed by atoms with Crippen molar-refractivity contribution >= 4 is 12.4 Å². The molecule has 0 fully saturated rings. The number of imidazole rings is 1. The molecular weight excluding hydrogens is 198 g/mol. The van der Waals surface area contributed by atoms with Gasteiger partial charge in [-0.2, -0.15) is 0 Å². The molecule has 0 aliphatic carbocycles. The molecule has 4 heteroatoms. The van der Waals surface area contributed by atoms with Crippen molar-refractivity contribution in [2.75, 3.05) is 0 Å². The van der Waals surface area contributed by atoms with E-state index < -0.39 is 0 Å². The number of halogens is 1. The van der Waals surface area contributed by atoms with E-state index in [0.29, 0.717) is 6.04 Å². The monoisotopic (exact) mass is 215 g/mol. The molecule has 0 amide bonds. The number of rotatable bonds is 2. The SMILES string of the molecule is CCCc1ncc2n1CC(N)CC2.Cl. The average molecular weight is 216 g/mol. The molecule has 1 aromatic rings. The Labute approximate surface area is 91.1 Å². The molecular formula is C10H18ClN3. The molecule has 0 spiro atoms. The Balaban J connectivity index is 0.000000980. The molecule has 2 heterocycles. The Hall–Kier alpha value is -0.540. The number of aromatic nitrogens is 2. The van der Waals surface area contributed by atoms with E-state index in [1.807, 2.05) is 6.20 Å². The van der Waals surface area contributed by atoms with Crippen molar-refractivity contribution in [2.45, 2.75) is 45.2 Å². The summed E-state index contributed by atoms with van der Waals surface area (Å²) in [5.74, 6) is 1.22. The van der Waals surface area contributed by atoms with Gasteiger partial charge in [-0.25, -0.2) is 4.98 Å². The van der Waals surface area contributed by atoms with E-state index in [4.69, 9.17) is 5.73 Å². The zero-order chi connectivity index (χ0) is 9.26. The highest BCUT2D eigenvalue weighted by Gasteiger charge is 2.17. The van der Waals surface area contributed by atoms with Crippen LogP contribution in [0.3, 0.4) is 0 Å². The third-order valence-electron chi connectivity index (χ3n) is 2.68. The third kappa shape index (κ3) is 2.10. The summed E-state index contributed by atoms with van der Waals surface area (Å²) in [6.07, 6.45) is 6.45. The maximum absolute atomic E-state index is 5.93. The molecule has 14 heavy (non-hydrogen) atoms. The first kappa shape index (κ1) is 11.5. The predicted octanol–water partition coefficient (Wildman–Crippen LogP) is 1.53. The first-order chi connectivity index (χ1) is 6.31. The molecule has 80 valence electrons. The van der Waals surface area contributed by atoms with Crippen LogP contribution in [0, 0.1) is 0 Å². The van der Waals surface area contributed by atoms with Crippen LogP contribution in [0.1, 0.15) is 31.3 Å². The normalized spacial score (nSPS) is 20.0. The van der Waals surface area contributed by atoms with Gasteiger partial charge in [0, 0.05) is 30.9 Å². The van der Waals surface area contributed by atoms with E-state index >= 15 is 0 Å². The fraction of sp³-hybridized carbons (Fsp3) is 0.700. The van der Waals surface area contributed by atoms with Gasteiger partial charge in [-0.15, -0.1) is 12.4 Å². The Morgan fingerprint density at radius 3 is 3.14 bits per heavy atom. The summed E-state index contributed by atoms with van der Waals surface area (Å²) >= 11 is 0. The zero-order valence-corrected chi connectivity index (χ0v) is 9.39. The molecule has 2 N–H and O–H groups in total. The summed E-state index contributed by atoms with van der Waals surface area (Å²) in [6.45, 7) is 3.15. The van der Waals surface area contributed by atoms with Gasteiger partial charge < -0.3 is 10.3 Å². The summed E-state index contributed by atoms with van der Waals surface area (Å²) in [4.78, 5) is 4.43. The van der Waals surface area contributed by atoms with Crippen LogP contribution in [-0.2, 0) is 19.4 Å². The van der Waals surface area contributed by atoms with Crippen LogP contribution >= 0.6 is 12.4 Å². The molecule has 1 unspecified atom stereocenters. The topological polar surface area (TPSA) is 43.8 Å². The van der Waals surface area contributed by atoms with Crippen LogP contribution in [-0.4, -0.2) is 15.6 Å². The molecule has 0 saturated heterocycles. The van der Waals surface area contributed by atoms with Crippen LogP contribution in [0.4, 0.5) is 0 Å². The number of hydrogen-bond acceptors (Lipinski definition) is 2. The van der Waals surface area contributed by atoms with Gasteiger partial charge in [0.2, 0.25) is 0 Å². The molecule has 0 bridgehead atoms. The van der Waals surface area contributed by atoms with Gasteiger partial charge in [0.1, 0.15) is 5.82 Å². The molecule has 1 aliphatic heterocycles. The van der Waals surface area contributed by atoms with Crippen molar-refractivity contribution in [1.82, 2.24) is 9.55 Å². The van der Waals surface area contributed by atoms with Gasteiger partial charge in [-0.1, -0.05) is 6.92 Å². The molecule has 1 aromatic heterocycles. The lowest BCUT2D eigenvalue weighted by atomic mass is 10.1. The molecule has 0 radical (unpaired) electrons. The Morgan fingerprint density at radius 1 is 1.64 bits per heavy atom. The van der Waals surface area contributed by atoms with E-state index in [-0.39, 0.29) is 12.4 Å². The molecule has 1 aliphatic rings. The number of nitrogens with two attached hydrogens (primary N) is 1. The van der Waals surface area contributed by atoms with Crippen LogP contribution in [0.25, 0.3) is 0 Å². The average Bonchev–Trinajstić information content (AvgIpc) is 2.49. The van der Waals surface area contributed by atoms with Gasteiger partial charge in [0.25, 0.3) is 0 Å². The summed E-state index contributed by atoms with van der Waals surface area (Å²) in [5, 5.41) is 0. The smallest absolute Gasteiger partial charge is 0.108 e. The van der Waals surface area contributed by atoms with Gasteiger partial charge >= 0.3 is 0 Å². The fourth-order valence-corrected chi connectivity index (χ4v) is 1.96. The number of fused-ring (bicyclic) bond motifs is 1. The molecule has 0 aromatic carbocycles. The van der Waals surface area contributed by atoms with Crippen LogP contribution < -0.4 is 5.73 Å². The van der Waals surface area contributed by atoms with Crippen molar-refractivity contribution < 1.29 is 0 Å². The van der Waals surface area contributed by atoms with E-state index in [2.05, 4.69) is 16.5 Å². The lowest BCUT2D eigenvalue weighted by Gasteiger charge is -2.22. The first-order valence-electron chi connectivity index (χ1n) is 5.10. The van der Waals surface area contributed by atoms with Crippen LogP contribution in [0.15, 0.2) is 6.20 Å². The fourth-order valence-electron chi connectivity index (χ4n) is 1.96. The maximum Gasteiger partial charge on any atom is 0.108 e. The number of hydrogen-bond donors (Lipinski definition) is 1. The minimum absolute atomic E-state index is 0. The number of nitrogens with zero attached hydrogens (tertiary/aromatic N) is 2. The van der Waals surface area contributed by atoms with Crippen LogP contribution in [0.5, 0.6) is 0 Å². The molecule has 1 atom stereocenters. The summed E-state index contributed by atoms with van der Waals surface area (Å²) < 4.78 is 2.30. The standard InChI is InChI=1S/C10H17N3.ClH/c1-2-3-10-12-6-9-5-4-8(11)7-13(9)10;/h6,8H,2-5,7,11H2,1H3;1H. The largest absolute Gasteiger partial charge is 0.331 e. The lowest BCUT2D eigenvalue weighted by Crippen LogP contribution is -2.32. The second-order valence-electron chi connectivity index (χ2n) is 3.83. The zero-order valence-electron chi connectivity index (χ0n) is 8.57. The van der Waals surface area contributed by atoms with Gasteiger partial charge in [-0.3, -0.25) is 0 Å². The second kappa shape index (κ2) is 4.80. The minimum Gasteiger partial charge on any atom is -0.331 e. The van der Waals surface area contributed by atoms with Crippen molar-refractivity contribution in [2.24, 2.45) is 5.73 Å². The Kier molecular flexibility index (Phi) is 3.96. The van der Waals surface area contributed by atoms with Crippen molar-refractivity contribution in [3.05, 3.63) is 17.7 Å². The predicted molar refractivity (Wildman–Crippen MR) is 59.8 cm³/mol. The minimum atomic E-state index is 0. The maximum atomic E-state index is 5.93. The molecule has 3 nitrogen and oxygen atoms in total. The van der Waals surface area contributed by atoms with Gasteiger partial charge in [0.05, 0.1) is 0 Å².